The molecule has 1 unspecified atom stereocenters. The summed E-state index contributed by atoms with van der Waals surface area (Å²) in [5, 5.41) is 4.01. The average molecular weight is 366 g/mol. The van der Waals surface area contributed by atoms with E-state index in [9.17, 15) is 18.0 Å². The van der Waals surface area contributed by atoms with E-state index in [0.29, 0.717) is 36.8 Å². The summed E-state index contributed by atoms with van der Waals surface area (Å²) in [7, 11) is 0. The Hall–Kier alpha value is -2.45. The lowest BCUT2D eigenvalue weighted by Crippen LogP contribution is -2.40. The highest BCUT2D eigenvalue weighted by Crippen LogP contribution is 2.40. The van der Waals surface area contributed by atoms with Crippen LogP contribution in [0.5, 0.6) is 0 Å². The Morgan fingerprint density at radius 3 is 2.77 bits per heavy atom. The lowest BCUT2D eigenvalue weighted by molar-refractivity contribution is -0.138. The molecule has 26 heavy (non-hydrogen) atoms. The maximum Gasteiger partial charge on any atom is 0.418 e. The quantitative estimate of drug-likeness (QED) is 0.833. The highest BCUT2D eigenvalue weighted by molar-refractivity contribution is 5.95. The van der Waals surface area contributed by atoms with Crippen molar-refractivity contribution in [2.45, 2.75) is 43.7 Å². The van der Waals surface area contributed by atoms with Crippen molar-refractivity contribution in [1.29, 1.82) is 0 Å². The van der Waals surface area contributed by atoms with E-state index >= 15 is 0 Å². The van der Waals surface area contributed by atoms with Gasteiger partial charge in [-0.2, -0.15) is 18.2 Å². The predicted octanol–water partition coefficient (Wildman–Crippen LogP) is 3.38. The van der Waals surface area contributed by atoms with Gasteiger partial charge in [-0.25, -0.2) is 0 Å². The fourth-order valence-electron chi connectivity index (χ4n) is 3.26. The number of aromatic nitrogens is 3. The van der Waals surface area contributed by atoms with Gasteiger partial charge in [0.25, 0.3) is 5.91 Å². The zero-order valence-electron chi connectivity index (χ0n) is 13.9. The van der Waals surface area contributed by atoms with Crippen LogP contribution < -0.4 is 0 Å². The van der Waals surface area contributed by atoms with Crippen LogP contribution >= 0.6 is 0 Å². The number of amides is 1. The van der Waals surface area contributed by atoms with Crippen LogP contribution in [0, 0.1) is 0 Å². The fourth-order valence-corrected chi connectivity index (χ4v) is 3.26. The summed E-state index contributed by atoms with van der Waals surface area (Å²) in [4.78, 5) is 22.1. The number of piperidine rings is 1. The van der Waals surface area contributed by atoms with Gasteiger partial charge in [-0.1, -0.05) is 5.16 Å². The second kappa shape index (κ2) is 6.37. The molecule has 2 aromatic rings. The number of rotatable bonds is 3. The Kier molecular flexibility index (Phi) is 4.16. The minimum atomic E-state index is -4.62. The fraction of sp³-hybridized carbons (Fsp3) is 0.529. The zero-order valence-corrected chi connectivity index (χ0v) is 13.9. The first-order valence-electron chi connectivity index (χ1n) is 8.57. The molecule has 0 aromatic carbocycles. The van der Waals surface area contributed by atoms with E-state index in [1.807, 2.05) is 0 Å². The summed E-state index contributed by atoms with van der Waals surface area (Å²) in [5.41, 5.74) is -1.39. The highest BCUT2D eigenvalue weighted by atomic mass is 19.4. The summed E-state index contributed by atoms with van der Waals surface area (Å²) in [6.45, 7) is 0.685. The molecular formula is C17H17F3N4O2. The van der Waals surface area contributed by atoms with Crippen LogP contribution in [0.3, 0.4) is 0 Å². The first-order valence-corrected chi connectivity index (χ1v) is 8.57. The molecule has 0 N–H and O–H groups in total. The zero-order chi connectivity index (χ0) is 18.3. The lowest BCUT2D eigenvalue weighted by atomic mass is 9.96. The van der Waals surface area contributed by atoms with E-state index in [2.05, 4.69) is 15.1 Å². The molecule has 1 amide bonds. The van der Waals surface area contributed by atoms with Crippen LogP contribution in [0.15, 0.2) is 23.0 Å². The smallest absolute Gasteiger partial charge is 0.339 e. The van der Waals surface area contributed by atoms with E-state index in [-0.39, 0.29) is 18.0 Å². The molecule has 6 nitrogen and oxygen atoms in total. The average Bonchev–Trinajstić information content (AvgIpc) is 3.37. The van der Waals surface area contributed by atoms with E-state index in [1.165, 1.54) is 11.1 Å². The van der Waals surface area contributed by atoms with Gasteiger partial charge in [0.2, 0.25) is 5.89 Å². The number of carbonyl (C=O) groups excluding carboxylic acids is 1. The van der Waals surface area contributed by atoms with Gasteiger partial charge in [0.15, 0.2) is 5.82 Å². The number of alkyl halides is 3. The van der Waals surface area contributed by atoms with Crippen molar-refractivity contribution in [3.05, 3.63) is 41.3 Å². The van der Waals surface area contributed by atoms with Crippen LogP contribution in [0.1, 0.15) is 65.2 Å². The molecule has 0 spiro atoms. The minimum Gasteiger partial charge on any atom is -0.339 e. The van der Waals surface area contributed by atoms with Crippen LogP contribution in [-0.4, -0.2) is 39.0 Å². The maximum absolute atomic E-state index is 13.2. The molecule has 0 bridgehead atoms. The minimum absolute atomic E-state index is 0.125. The summed E-state index contributed by atoms with van der Waals surface area (Å²) in [6.07, 6.45) is 0.798. The number of carbonyl (C=O) groups is 1. The summed E-state index contributed by atoms with van der Waals surface area (Å²) in [5.74, 6) is 0.728. The summed E-state index contributed by atoms with van der Waals surface area (Å²) < 4.78 is 44.7. The number of pyridine rings is 1. The first kappa shape index (κ1) is 17.0. The monoisotopic (exact) mass is 366 g/mol. The number of hydrogen-bond donors (Lipinski definition) is 0. The molecule has 3 heterocycles. The molecular weight excluding hydrogens is 349 g/mol. The number of hydrogen-bond acceptors (Lipinski definition) is 5. The van der Waals surface area contributed by atoms with E-state index in [4.69, 9.17) is 4.52 Å². The van der Waals surface area contributed by atoms with Crippen LogP contribution in [0.4, 0.5) is 13.2 Å². The Morgan fingerprint density at radius 1 is 1.23 bits per heavy atom. The molecule has 4 rings (SSSR count). The van der Waals surface area contributed by atoms with Crippen molar-refractivity contribution in [3.8, 4) is 0 Å². The van der Waals surface area contributed by atoms with E-state index < -0.39 is 17.6 Å². The standard InChI is InChI=1S/C17H17F3N4O2/c18-17(19,20)13-8-21-6-5-12(13)16(25)24-7-1-2-11(9-24)14-22-15(26-23-14)10-3-4-10/h5-6,8,10-11H,1-4,7,9H2. The van der Waals surface area contributed by atoms with Gasteiger partial charge < -0.3 is 9.42 Å². The topological polar surface area (TPSA) is 72.1 Å². The maximum atomic E-state index is 13.2. The van der Waals surface area contributed by atoms with Crippen LogP contribution in [0.25, 0.3) is 0 Å². The molecule has 1 aliphatic carbocycles. The van der Waals surface area contributed by atoms with Crippen LogP contribution in [-0.2, 0) is 6.18 Å². The van der Waals surface area contributed by atoms with Gasteiger partial charge >= 0.3 is 6.18 Å². The van der Waals surface area contributed by atoms with Gasteiger partial charge in [-0.15, -0.1) is 0 Å². The molecule has 1 atom stereocenters. The van der Waals surface area contributed by atoms with Gasteiger partial charge in [0.1, 0.15) is 0 Å². The molecule has 1 aliphatic heterocycles. The Morgan fingerprint density at radius 2 is 2.04 bits per heavy atom. The molecule has 2 fully saturated rings. The normalized spacial score (nSPS) is 21.0. The molecule has 0 radical (unpaired) electrons. The number of likely N-dealkylation sites (tertiary alicyclic amines) is 1. The third kappa shape index (κ3) is 3.30. The van der Waals surface area contributed by atoms with Gasteiger partial charge in [0, 0.05) is 37.3 Å². The van der Waals surface area contributed by atoms with Crippen molar-refractivity contribution in [3.63, 3.8) is 0 Å². The van der Waals surface area contributed by atoms with E-state index in [0.717, 1.165) is 25.3 Å². The third-order valence-electron chi connectivity index (χ3n) is 4.81. The molecule has 1 saturated heterocycles. The molecule has 138 valence electrons. The molecule has 2 aliphatic rings. The van der Waals surface area contributed by atoms with Gasteiger partial charge in [0.05, 0.1) is 11.1 Å². The molecule has 9 heteroatoms. The Bertz CT molecular complexity index is 816. The largest absolute Gasteiger partial charge is 0.418 e. The highest BCUT2D eigenvalue weighted by Gasteiger charge is 2.38. The van der Waals surface area contributed by atoms with Crippen molar-refractivity contribution in [2.24, 2.45) is 0 Å². The van der Waals surface area contributed by atoms with Crippen molar-refractivity contribution in [2.75, 3.05) is 13.1 Å². The van der Waals surface area contributed by atoms with Crippen molar-refractivity contribution < 1.29 is 22.5 Å². The summed E-state index contributed by atoms with van der Waals surface area (Å²) in [6, 6.07) is 1.12. The third-order valence-corrected chi connectivity index (χ3v) is 4.81. The lowest BCUT2D eigenvalue weighted by Gasteiger charge is -2.31. The SMILES string of the molecule is O=C(c1ccncc1C(F)(F)F)N1CCCC(c2noc(C3CC3)n2)C1. The van der Waals surface area contributed by atoms with Gasteiger partial charge in [-0.3, -0.25) is 9.78 Å². The molecule has 1 saturated carbocycles. The van der Waals surface area contributed by atoms with Crippen LogP contribution in [0.2, 0.25) is 0 Å². The Labute approximate surface area is 147 Å². The molecule has 2 aromatic heterocycles. The first-order chi connectivity index (χ1) is 12.4. The van der Waals surface area contributed by atoms with E-state index in [1.54, 1.807) is 0 Å². The summed E-state index contributed by atoms with van der Waals surface area (Å²) >= 11 is 0. The predicted molar refractivity (Wildman–Crippen MR) is 83.4 cm³/mol. The second-order valence-corrected chi connectivity index (χ2v) is 6.77. The second-order valence-electron chi connectivity index (χ2n) is 6.77. The Balaban J connectivity index is 1.53. The van der Waals surface area contributed by atoms with Gasteiger partial charge in [-0.05, 0) is 31.7 Å². The number of nitrogens with zero attached hydrogens (tertiary/aromatic N) is 4. The number of halogens is 3. The van der Waals surface area contributed by atoms with Crippen molar-refractivity contribution in [1.82, 2.24) is 20.0 Å². The van der Waals surface area contributed by atoms with Crippen molar-refractivity contribution >= 4 is 5.91 Å².